The fourth-order valence-electron chi connectivity index (χ4n) is 3.23. The van der Waals surface area contributed by atoms with Crippen molar-refractivity contribution >= 4 is 17.5 Å². The number of carbonyl (C=O) groups excluding carboxylic acids is 1. The summed E-state index contributed by atoms with van der Waals surface area (Å²) in [5, 5.41) is 8.94. The van der Waals surface area contributed by atoms with Crippen LogP contribution in [0, 0.1) is 19.7 Å². The number of aryl methyl sites for hydroxylation is 2. The molecule has 4 aromatic rings. The van der Waals surface area contributed by atoms with Crippen LogP contribution in [0.25, 0.3) is 17.1 Å². The van der Waals surface area contributed by atoms with Crippen molar-refractivity contribution in [1.29, 1.82) is 0 Å². The van der Waals surface area contributed by atoms with Crippen LogP contribution in [-0.2, 0) is 0 Å². The van der Waals surface area contributed by atoms with Gasteiger partial charge >= 0.3 is 0 Å². The zero-order valence-electron chi connectivity index (χ0n) is 16.5. The van der Waals surface area contributed by atoms with Gasteiger partial charge in [-0.2, -0.15) is 0 Å². The molecule has 0 saturated carbocycles. The van der Waals surface area contributed by atoms with Crippen LogP contribution >= 0.6 is 11.8 Å². The normalized spacial score (nSPS) is 10.9. The molecule has 0 spiro atoms. The first-order chi connectivity index (χ1) is 14.5. The second kappa shape index (κ2) is 8.59. The predicted octanol–water partition coefficient (Wildman–Crippen LogP) is 5.06. The summed E-state index contributed by atoms with van der Waals surface area (Å²) in [7, 11) is 0. The number of para-hydroxylation sites is 1. The summed E-state index contributed by atoms with van der Waals surface area (Å²) in [6.07, 6.45) is 3.31. The van der Waals surface area contributed by atoms with E-state index in [1.54, 1.807) is 41.2 Å². The largest absolute Gasteiger partial charge is 0.293 e. The molecular weight excluding hydrogens is 399 g/mol. The molecule has 0 amide bonds. The molecule has 0 aliphatic rings. The van der Waals surface area contributed by atoms with E-state index in [0.29, 0.717) is 27.8 Å². The Morgan fingerprint density at radius 3 is 2.63 bits per heavy atom. The number of pyridine rings is 1. The number of carbonyl (C=O) groups is 1. The van der Waals surface area contributed by atoms with E-state index in [4.69, 9.17) is 0 Å². The minimum atomic E-state index is -0.398. The van der Waals surface area contributed by atoms with Gasteiger partial charge in [0.25, 0.3) is 0 Å². The third-order valence-corrected chi connectivity index (χ3v) is 5.59. The fourth-order valence-corrected chi connectivity index (χ4v) is 4.06. The second-order valence-electron chi connectivity index (χ2n) is 6.86. The molecule has 2 aromatic heterocycles. The second-order valence-corrected chi connectivity index (χ2v) is 7.81. The Morgan fingerprint density at radius 1 is 1.07 bits per heavy atom. The summed E-state index contributed by atoms with van der Waals surface area (Å²) in [5.41, 5.74) is 3.76. The molecule has 2 heterocycles. The topological polar surface area (TPSA) is 60.7 Å². The molecule has 0 aliphatic carbocycles. The van der Waals surface area contributed by atoms with Gasteiger partial charge in [-0.1, -0.05) is 47.7 Å². The van der Waals surface area contributed by atoms with Crippen LogP contribution in [0.3, 0.4) is 0 Å². The number of hydrogen-bond donors (Lipinski definition) is 0. The summed E-state index contributed by atoms with van der Waals surface area (Å²) in [6, 6.07) is 15.8. The maximum atomic E-state index is 14.6. The summed E-state index contributed by atoms with van der Waals surface area (Å²) in [5.74, 6) is 0.229. The van der Waals surface area contributed by atoms with Crippen molar-refractivity contribution < 1.29 is 9.18 Å². The van der Waals surface area contributed by atoms with Gasteiger partial charge in [0.15, 0.2) is 16.8 Å². The van der Waals surface area contributed by atoms with E-state index in [0.717, 1.165) is 11.1 Å². The molecule has 0 atom stereocenters. The van der Waals surface area contributed by atoms with Gasteiger partial charge in [0.05, 0.1) is 11.4 Å². The Bertz CT molecular complexity index is 1210. The molecule has 4 rings (SSSR count). The Kier molecular flexibility index (Phi) is 5.72. The van der Waals surface area contributed by atoms with Gasteiger partial charge in [0.1, 0.15) is 5.82 Å². The van der Waals surface area contributed by atoms with Gasteiger partial charge in [-0.05, 0) is 43.7 Å². The first-order valence-electron chi connectivity index (χ1n) is 9.38. The average molecular weight is 418 g/mol. The van der Waals surface area contributed by atoms with E-state index in [1.165, 1.54) is 17.8 Å². The highest BCUT2D eigenvalue weighted by molar-refractivity contribution is 7.99. The third kappa shape index (κ3) is 4.02. The van der Waals surface area contributed by atoms with Gasteiger partial charge in [-0.3, -0.25) is 14.3 Å². The van der Waals surface area contributed by atoms with E-state index < -0.39 is 5.82 Å². The minimum Gasteiger partial charge on any atom is -0.293 e. The molecule has 2 aromatic carbocycles. The molecule has 0 N–H and O–H groups in total. The molecule has 0 aliphatic heterocycles. The van der Waals surface area contributed by atoms with Gasteiger partial charge < -0.3 is 0 Å². The van der Waals surface area contributed by atoms with Crippen LogP contribution in [0.15, 0.2) is 72.1 Å². The lowest BCUT2D eigenvalue weighted by atomic mass is 10.0. The molecule has 150 valence electrons. The lowest BCUT2D eigenvalue weighted by molar-refractivity contribution is 0.102. The number of nitrogens with zero attached hydrogens (tertiary/aromatic N) is 4. The van der Waals surface area contributed by atoms with Crippen molar-refractivity contribution in [1.82, 2.24) is 19.7 Å². The number of benzene rings is 2. The Labute approximate surface area is 178 Å². The Morgan fingerprint density at radius 2 is 1.90 bits per heavy atom. The van der Waals surface area contributed by atoms with Crippen molar-refractivity contribution in [2.75, 3.05) is 5.75 Å². The van der Waals surface area contributed by atoms with E-state index in [9.17, 15) is 9.18 Å². The first kappa shape index (κ1) is 20.0. The van der Waals surface area contributed by atoms with Gasteiger partial charge in [0.2, 0.25) is 0 Å². The number of thioether (sulfide) groups is 1. The zero-order valence-corrected chi connectivity index (χ0v) is 17.4. The molecule has 5 nitrogen and oxygen atoms in total. The summed E-state index contributed by atoms with van der Waals surface area (Å²) >= 11 is 1.23. The Balaban J connectivity index is 1.69. The van der Waals surface area contributed by atoms with E-state index in [-0.39, 0.29) is 11.5 Å². The molecule has 0 radical (unpaired) electrons. The van der Waals surface area contributed by atoms with Gasteiger partial charge in [-0.25, -0.2) is 4.39 Å². The monoisotopic (exact) mass is 418 g/mol. The highest BCUT2D eigenvalue weighted by atomic mass is 32.2. The third-order valence-electron chi connectivity index (χ3n) is 4.66. The van der Waals surface area contributed by atoms with Crippen LogP contribution in [0.4, 0.5) is 4.39 Å². The summed E-state index contributed by atoms with van der Waals surface area (Å²) in [4.78, 5) is 16.9. The zero-order chi connectivity index (χ0) is 21.1. The van der Waals surface area contributed by atoms with E-state index >= 15 is 0 Å². The van der Waals surface area contributed by atoms with Crippen molar-refractivity contribution in [3.05, 3.63) is 89.5 Å². The summed E-state index contributed by atoms with van der Waals surface area (Å²) < 4.78 is 16.2. The number of aromatic nitrogens is 4. The van der Waals surface area contributed by atoms with Crippen molar-refractivity contribution in [3.63, 3.8) is 0 Å². The molecule has 0 fully saturated rings. The fraction of sp³-hybridized carbons (Fsp3) is 0.130. The Hall–Kier alpha value is -3.32. The number of Topliss-reactive ketones (excluding diaryl/α,β-unsaturated/α-hetero) is 1. The molecule has 30 heavy (non-hydrogen) atoms. The number of ketones is 1. The van der Waals surface area contributed by atoms with E-state index in [2.05, 4.69) is 15.2 Å². The van der Waals surface area contributed by atoms with Gasteiger partial charge in [-0.15, -0.1) is 10.2 Å². The maximum absolute atomic E-state index is 14.6. The number of halogens is 1. The molecule has 0 unspecified atom stereocenters. The number of rotatable bonds is 6. The SMILES string of the molecule is Cc1ccc(C(=O)CSc2nnc(-c3cccnc3)n2-c2ccccc2F)c(C)c1. The van der Waals surface area contributed by atoms with Gasteiger partial charge in [0, 0.05) is 23.5 Å². The van der Waals surface area contributed by atoms with Crippen molar-refractivity contribution in [2.24, 2.45) is 0 Å². The van der Waals surface area contributed by atoms with Crippen molar-refractivity contribution in [2.45, 2.75) is 19.0 Å². The highest BCUT2D eigenvalue weighted by Crippen LogP contribution is 2.29. The van der Waals surface area contributed by atoms with Crippen LogP contribution in [0.5, 0.6) is 0 Å². The minimum absolute atomic E-state index is 0.0106. The lowest BCUT2D eigenvalue weighted by Gasteiger charge is -2.11. The number of hydrogen-bond acceptors (Lipinski definition) is 5. The molecule has 0 saturated heterocycles. The van der Waals surface area contributed by atoms with E-state index in [1.807, 2.05) is 38.1 Å². The van der Waals surface area contributed by atoms with Crippen LogP contribution in [0.2, 0.25) is 0 Å². The van der Waals surface area contributed by atoms with Crippen molar-refractivity contribution in [3.8, 4) is 17.1 Å². The predicted molar refractivity (Wildman–Crippen MR) is 116 cm³/mol. The standard InChI is InChI=1S/C23H19FN4OS/c1-15-9-10-18(16(2)12-15)21(29)14-30-23-27-26-22(17-6-5-11-25-13-17)28(23)20-8-4-3-7-19(20)24/h3-13H,14H2,1-2H3. The molecular formula is C23H19FN4OS. The van der Waals surface area contributed by atoms with Crippen LogP contribution in [-0.4, -0.2) is 31.3 Å². The molecule has 7 heteroatoms. The average Bonchev–Trinajstić information content (AvgIpc) is 3.16. The van der Waals surface area contributed by atoms with Crippen LogP contribution in [0.1, 0.15) is 21.5 Å². The quantitative estimate of drug-likeness (QED) is 0.324. The summed E-state index contributed by atoms with van der Waals surface area (Å²) in [6.45, 7) is 3.92. The highest BCUT2D eigenvalue weighted by Gasteiger charge is 2.20. The first-order valence-corrected chi connectivity index (χ1v) is 10.4. The lowest BCUT2D eigenvalue weighted by Crippen LogP contribution is -2.07. The maximum Gasteiger partial charge on any atom is 0.196 e. The molecule has 0 bridgehead atoms. The van der Waals surface area contributed by atoms with Crippen LogP contribution < -0.4 is 0 Å². The smallest absolute Gasteiger partial charge is 0.196 e.